The van der Waals surface area contributed by atoms with Crippen LogP contribution in [-0.2, 0) is 0 Å². The smallest absolute Gasteiger partial charge is 0.335 e. The fraction of sp³-hybridized carbons (Fsp3) is 0. The monoisotopic (exact) mass is 347 g/mol. The van der Waals surface area contributed by atoms with E-state index in [1.54, 1.807) is 12.1 Å². The summed E-state index contributed by atoms with van der Waals surface area (Å²) in [6.45, 7) is 0. The van der Waals surface area contributed by atoms with Gasteiger partial charge in [0.2, 0.25) is 0 Å². The van der Waals surface area contributed by atoms with Crippen molar-refractivity contribution < 1.29 is 19.8 Å². The Morgan fingerprint density at radius 3 is 2.27 bits per heavy atom. The molecule has 0 atom stereocenters. The summed E-state index contributed by atoms with van der Waals surface area (Å²) in [5, 5.41) is 18.4. The third-order valence-corrected chi connectivity index (χ3v) is 3.46. The number of pyridine rings is 2. The second-order valence-electron chi connectivity index (χ2n) is 5.30. The largest absolute Gasteiger partial charge is 0.478 e. The van der Waals surface area contributed by atoms with Crippen LogP contribution < -0.4 is 0 Å². The first kappa shape index (κ1) is 17.0. The Labute approximate surface area is 148 Å². The molecule has 0 bridgehead atoms. The minimum Gasteiger partial charge on any atom is -0.478 e. The van der Waals surface area contributed by atoms with Gasteiger partial charge in [0.1, 0.15) is 0 Å². The lowest BCUT2D eigenvalue weighted by Gasteiger charge is -2.05. The van der Waals surface area contributed by atoms with Crippen molar-refractivity contribution in [2.75, 3.05) is 0 Å². The number of aliphatic imine (C=N–C) groups is 1. The van der Waals surface area contributed by atoms with Gasteiger partial charge in [-0.1, -0.05) is 18.2 Å². The van der Waals surface area contributed by atoms with E-state index in [0.717, 1.165) is 0 Å². The minimum atomic E-state index is -1.13. The van der Waals surface area contributed by atoms with Crippen molar-refractivity contribution in [1.82, 2.24) is 9.97 Å². The van der Waals surface area contributed by atoms with Crippen LogP contribution in [0.3, 0.4) is 0 Å². The SMILES string of the molecule is O=C(O)c1ccnc(-c2cc(C(=O)O)cc(C=Nc3ccccc3)n2)c1. The van der Waals surface area contributed by atoms with Crippen LogP contribution in [0.25, 0.3) is 11.4 Å². The Bertz CT molecular complexity index is 1000. The summed E-state index contributed by atoms with van der Waals surface area (Å²) in [6, 6.07) is 14.6. The van der Waals surface area contributed by atoms with Crippen molar-refractivity contribution in [3.05, 3.63) is 77.6 Å². The van der Waals surface area contributed by atoms with Crippen LogP contribution in [0.5, 0.6) is 0 Å². The zero-order chi connectivity index (χ0) is 18.5. The molecule has 3 aromatic rings. The maximum absolute atomic E-state index is 11.4. The van der Waals surface area contributed by atoms with Crippen molar-refractivity contribution in [1.29, 1.82) is 0 Å². The van der Waals surface area contributed by atoms with Crippen LogP contribution in [-0.4, -0.2) is 38.3 Å². The van der Waals surface area contributed by atoms with Crippen LogP contribution in [0.2, 0.25) is 0 Å². The number of aromatic carboxylic acids is 2. The number of hydrogen-bond acceptors (Lipinski definition) is 5. The maximum Gasteiger partial charge on any atom is 0.335 e. The molecule has 2 aromatic heterocycles. The molecule has 0 radical (unpaired) electrons. The Morgan fingerprint density at radius 2 is 1.58 bits per heavy atom. The molecule has 0 saturated heterocycles. The van der Waals surface area contributed by atoms with Crippen LogP contribution in [0.15, 0.2) is 65.8 Å². The normalized spacial score (nSPS) is 10.8. The number of carbonyl (C=O) groups is 2. The highest BCUT2D eigenvalue weighted by Crippen LogP contribution is 2.19. The molecule has 0 saturated carbocycles. The van der Waals surface area contributed by atoms with E-state index in [0.29, 0.717) is 11.4 Å². The molecule has 0 amide bonds. The number of benzene rings is 1. The summed E-state index contributed by atoms with van der Waals surface area (Å²) in [4.78, 5) is 35.2. The zero-order valence-electron chi connectivity index (χ0n) is 13.4. The van der Waals surface area contributed by atoms with Gasteiger partial charge in [-0.25, -0.2) is 14.6 Å². The molecule has 0 fully saturated rings. The quantitative estimate of drug-likeness (QED) is 0.685. The number of nitrogens with zero attached hydrogens (tertiary/aromatic N) is 3. The molecule has 3 rings (SSSR count). The zero-order valence-corrected chi connectivity index (χ0v) is 13.4. The summed E-state index contributed by atoms with van der Waals surface area (Å²) >= 11 is 0. The predicted octanol–water partition coefficient (Wildman–Crippen LogP) is 3.29. The Hall–Kier alpha value is -3.87. The van der Waals surface area contributed by atoms with Gasteiger partial charge < -0.3 is 10.2 Å². The molecule has 2 heterocycles. The number of hydrogen-bond donors (Lipinski definition) is 2. The molecule has 7 heteroatoms. The topological polar surface area (TPSA) is 113 Å². The van der Waals surface area contributed by atoms with Crippen LogP contribution >= 0.6 is 0 Å². The summed E-state index contributed by atoms with van der Waals surface area (Å²) in [7, 11) is 0. The van der Waals surface area contributed by atoms with E-state index in [-0.39, 0.29) is 22.5 Å². The van der Waals surface area contributed by atoms with E-state index in [1.165, 1.54) is 36.7 Å². The molecule has 7 nitrogen and oxygen atoms in total. The first-order valence-electron chi connectivity index (χ1n) is 7.57. The number of carboxylic acid groups (broad SMARTS) is 2. The van der Waals surface area contributed by atoms with Crippen molar-refractivity contribution >= 4 is 23.8 Å². The lowest BCUT2D eigenvalue weighted by Crippen LogP contribution is -2.03. The lowest BCUT2D eigenvalue weighted by molar-refractivity contribution is 0.0685. The van der Waals surface area contributed by atoms with E-state index >= 15 is 0 Å². The van der Waals surface area contributed by atoms with E-state index in [2.05, 4.69) is 15.0 Å². The highest BCUT2D eigenvalue weighted by atomic mass is 16.4. The second kappa shape index (κ2) is 7.35. The third-order valence-electron chi connectivity index (χ3n) is 3.46. The summed E-state index contributed by atoms with van der Waals surface area (Å²) < 4.78 is 0. The lowest BCUT2D eigenvalue weighted by atomic mass is 10.1. The fourth-order valence-electron chi connectivity index (χ4n) is 2.23. The minimum absolute atomic E-state index is 0.00652. The van der Waals surface area contributed by atoms with E-state index in [4.69, 9.17) is 5.11 Å². The van der Waals surface area contributed by atoms with Gasteiger partial charge in [-0.15, -0.1) is 0 Å². The van der Waals surface area contributed by atoms with E-state index in [1.807, 2.05) is 18.2 Å². The van der Waals surface area contributed by atoms with Gasteiger partial charge in [0.25, 0.3) is 0 Å². The number of carboxylic acids is 2. The van der Waals surface area contributed by atoms with Gasteiger partial charge in [-0.2, -0.15) is 0 Å². The van der Waals surface area contributed by atoms with Crippen LogP contribution in [0.1, 0.15) is 26.4 Å². The van der Waals surface area contributed by atoms with Crippen molar-refractivity contribution in [2.45, 2.75) is 0 Å². The number of aromatic nitrogens is 2. The van der Waals surface area contributed by atoms with E-state index in [9.17, 15) is 14.7 Å². The molecule has 128 valence electrons. The van der Waals surface area contributed by atoms with Gasteiger partial charge in [0, 0.05) is 6.20 Å². The third kappa shape index (κ3) is 3.96. The molecule has 0 spiro atoms. The Kier molecular flexibility index (Phi) is 4.80. The second-order valence-corrected chi connectivity index (χ2v) is 5.30. The molecule has 0 aliphatic carbocycles. The highest BCUT2D eigenvalue weighted by Gasteiger charge is 2.12. The van der Waals surface area contributed by atoms with Crippen molar-refractivity contribution in [2.24, 2.45) is 4.99 Å². The van der Waals surface area contributed by atoms with Crippen LogP contribution in [0.4, 0.5) is 5.69 Å². The van der Waals surface area contributed by atoms with Gasteiger partial charge in [-0.05, 0) is 36.4 Å². The first-order chi connectivity index (χ1) is 12.5. The average molecular weight is 347 g/mol. The van der Waals surface area contributed by atoms with Crippen molar-refractivity contribution in [3.8, 4) is 11.4 Å². The van der Waals surface area contributed by atoms with Gasteiger partial charge >= 0.3 is 11.9 Å². The Balaban J connectivity index is 2.04. The van der Waals surface area contributed by atoms with Gasteiger partial charge in [-0.3, -0.25) is 9.98 Å². The maximum atomic E-state index is 11.4. The fourth-order valence-corrected chi connectivity index (χ4v) is 2.23. The summed E-state index contributed by atoms with van der Waals surface area (Å²) in [5.74, 6) is -2.23. The first-order valence-corrected chi connectivity index (χ1v) is 7.57. The molecule has 0 unspecified atom stereocenters. The molecular formula is C19H13N3O4. The number of para-hydroxylation sites is 1. The number of rotatable bonds is 5. The molecule has 0 aliphatic rings. The Morgan fingerprint density at radius 1 is 0.885 bits per heavy atom. The summed E-state index contributed by atoms with van der Waals surface area (Å²) in [5.41, 5.74) is 1.59. The standard InChI is InChI=1S/C19H13N3O4/c23-18(24)12-6-7-20-16(9-12)17-10-13(19(25)26)8-15(22-17)11-21-14-4-2-1-3-5-14/h1-11H,(H,23,24)(H,25,26). The predicted molar refractivity (Wildman–Crippen MR) is 95.1 cm³/mol. The summed E-state index contributed by atoms with van der Waals surface area (Å²) in [6.07, 6.45) is 2.79. The molecule has 0 aliphatic heterocycles. The molecule has 2 N–H and O–H groups in total. The van der Waals surface area contributed by atoms with Gasteiger partial charge in [0.05, 0.1) is 40.1 Å². The molecular weight excluding hydrogens is 334 g/mol. The van der Waals surface area contributed by atoms with Gasteiger partial charge in [0.15, 0.2) is 0 Å². The van der Waals surface area contributed by atoms with E-state index < -0.39 is 11.9 Å². The van der Waals surface area contributed by atoms with Crippen LogP contribution in [0, 0.1) is 0 Å². The molecule has 26 heavy (non-hydrogen) atoms. The highest BCUT2D eigenvalue weighted by molar-refractivity contribution is 5.92. The molecule has 1 aromatic carbocycles. The van der Waals surface area contributed by atoms with Crippen molar-refractivity contribution in [3.63, 3.8) is 0 Å². The average Bonchev–Trinajstić information content (AvgIpc) is 2.67.